The van der Waals surface area contributed by atoms with Crippen molar-refractivity contribution >= 4 is 23.9 Å². The quantitative estimate of drug-likeness (QED) is 0.259. The number of aromatic hydroxyl groups is 2. The van der Waals surface area contributed by atoms with Crippen molar-refractivity contribution in [3.63, 3.8) is 0 Å². The van der Waals surface area contributed by atoms with Gasteiger partial charge in [0.1, 0.15) is 42.3 Å². The lowest BCUT2D eigenvalue weighted by Crippen LogP contribution is -2.54. The Hall–Kier alpha value is -4.79. The summed E-state index contributed by atoms with van der Waals surface area (Å²) in [7, 11) is 1.15. The molecule has 12 heteroatoms. The summed E-state index contributed by atoms with van der Waals surface area (Å²) in [5, 5.41) is 33.8. The van der Waals surface area contributed by atoms with Crippen LogP contribution in [0.2, 0.25) is 0 Å². The van der Waals surface area contributed by atoms with E-state index in [4.69, 9.17) is 4.74 Å². The summed E-state index contributed by atoms with van der Waals surface area (Å²) < 4.78 is 9.87. The normalized spacial score (nSPS) is 12.3. The maximum absolute atomic E-state index is 13.9. The van der Waals surface area contributed by atoms with Gasteiger partial charge in [-0.1, -0.05) is 24.3 Å². The Morgan fingerprint density at radius 2 is 1.56 bits per heavy atom. The molecule has 0 aliphatic carbocycles. The number of phenolic OH excluding ortho intramolecular Hbond substituents is 2. The zero-order valence-electron chi connectivity index (χ0n) is 22.1. The monoisotopic (exact) mass is 540 g/mol. The average Bonchev–Trinajstić information content (AvgIpc) is 2.87. The Labute approximate surface area is 226 Å². The first kappa shape index (κ1) is 30.4. The number of alkyl carbamates (subject to hydrolysis) is 1. The van der Waals surface area contributed by atoms with Gasteiger partial charge < -0.3 is 35.2 Å². The summed E-state index contributed by atoms with van der Waals surface area (Å²) in [6, 6.07) is 10.5. The van der Waals surface area contributed by atoms with E-state index in [1.165, 1.54) is 36.4 Å². The van der Waals surface area contributed by atoms with E-state index in [0.717, 1.165) is 12.0 Å². The second-order valence-corrected chi connectivity index (χ2v) is 9.48. The van der Waals surface area contributed by atoms with Gasteiger partial charge >= 0.3 is 12.1 Å². The van der Waals surface area contributed by atoms with Crippen LogP contribution in [0.25, 0.3) is 0 Å². The molecule has 0 saturated heterocycles. The number of carbonyl (C=O) groups is 4. The largest absolute Gasteiger partial charge is 0.508 e. The van der Waals surface area contributed by atoms with Crippen LogP contribution in [0.3, 0.4) is 0 Å². The number of nitrogens with zero attached hydrogens (tertiary/aromatic N) is 2. The number of carbonyl (C=O) groups excluding carboxylic acids is 4. The van der Waals surface area contributed by atoms with Crippen molar-refractivity contribution in [2.45, 2.75) is 44.9 Å². The predicted molar refractivity (Wildman–Crippen MR) is 138 cm³/mol. The number of methoxy groups -OCH3 is 1. The molecule has 2 aromatic rings. The molecule has 39 heavy (non-hydrogen) atoms. The van der Waals surface area contributed by atoms with Gasteiger partial charge in [0.2, 0.25) is 11.8 Å². The van der Waals surface area contributed by atoms with Crippen LogP contribution < -0.4 is 10.6 Å². The SMILES string of the molecule is COC(=O)CNC(=O)C(c1ccc(O)cc1)N(CC#N)C(=O)C(Cc1ccc(O)cc1)NC(=O)OC(C)(C)C. The highest BCUT2D eigenvalue weighted by molar-refractivity contribution is 5.93. The third-order valence-corrected chi connectivity index (χ3v) is 5.29. The van der Waals surface area contributed by atoms with E-state index in [9.17, 15) is 34.7 Å². The predicted octanol–water partition coefficient (Wildman–Crippen LogP) is 1.92. The lowest BCUT2D eigenvalue weighted by Gasteiger charge is -2.33. The first-order valence-electron chi connectivity index (χ1n) is 11.9. The highest BCUT2D eigenvalue weighted by Gasteiger charge is 2.36. The number of rotatable bonds is 10. The van der Waals surface area contributed by atoms with Gasteiger partial charge in [0, 0.05) is 6.42 Å². The highest BCUT2D eigenvalue weighted by Crippen LogP contribution is 2.25. The Balaban J connectivity index is 2.51. The summed E-state index contributed by atoms with van der Waals surface area (Å²) >= 11 is 0. The molecule has 0 bridgehead atoms. The molecule has 208 valence electrons. The van der Waals surface area contributed by atoms with Crippen molar-refractivity contribution in [1.29, 1.82) is 5.26 Å². The van der Waals surface area contributed by atoms with E-state index in [1.54, 1.807) is 32.9 Å². The Morgan fingerprint density at radius 1 is 1.00 bits per heavy atom. The van der Waals surface area contributed by atoms with E-state index < -0.39 is 54.7 Å². The van der Waals surface area contributed by atoms with Gasteiger partial charge in [-0.15, -0.1) is 0 Å². The van der Waals surface area contributed by atoms with Gasteiger partial charge in [-0.05, 0) is 56.2 Å². The fraction of sp³-hybridized carbons (Fsp3) is 0.370. The van der Waals surface area contributed by atoms with E-state index >= 15 is 0 Å². The standard InChI is InChI=1S/C27H32N4O8/c1-27(2,3)39-26(37)30-21(15-17-5-9-19(32)10-6-17)25(36)31(14-13-28)23(18-7-11-20(33)12-8-18)24(35)29-16-22(34)38-4/h5-12,21,23,32-33H,14-16H2,1-4H3,(H,29,35)(H,30,37). The summed E-state index contributed by atoms with van der Waals surface area (Å²) in [6.07, 6.45) is -0.959. The lowest BCUT2D eigenvalue weighted by atomic mass is 10.00. The molecule has 4 N–H and O–H groups in total. The third-order valence-electron chi connectivity index (χ3n) is 5.29. The average molecular weight is 541 g/mol. The van der Waals surface area contributed by atoms with Gasteiger partial charge in [0.05, 0.1) is 13.2 Å². The van der Waals surface area contributed by atoms with Crippen molar-refractivity contribution in [2.24, 2.45) is 0 Å². The number of ether oxygens (including phenoxy) is 2. The smallest absolute Gasteiger partial charge is 0.408 e. The maximum Gasteiger partial charge on any atom is 0.408 e. The van der Waals surface area contributed by atoms with Gasteiger partial charge in [-0.3, -0.25) is 14.4 Å². The Kier molecular flexibility index (Phi) is 10.7. The van der Waals surface area contributed by atoms with Crippen molar-refractivity contribution in [3.05, 3.63) is 59.7 Å². The second kappa shape index (κ2) is 13.7. The number of amides is 3. The number of hydrogen-bond donors (Lipinski definition) is 4. The molecule has 0 aliphatic rings. The summed E-state index contributed by atoms with van der Waals surface area (Å²) in [5.74, 6) is -2.41. The molecule has 0 aromatic heterocycles. The molecule has 2 aromatic carbocycles. The minimum absolute atomic E-state index is 0.00232. The molecule has 0 fully saturated rings. The van der Waals surface area contributed by atoms with Gasteiger partial charge in [0.25, 0.3) is 0 Å². The number of hydrogen-bond acceptors (Lipinski definition) is 9. The van der Waals surface area contributed by atoms with Crippen molar-refractivity contribution in [3.8, 4) is 17.6 Å². The molecule has 2 rings (SSSR count). The number of benzene rings is 2. The highest BCUT2D eigenvalue weighted by atomic mass is 16.6. The molecule has 2 atom stereocenters. The molecule has 2 unspecified atom stereocenters. The molecular formula is C27H32N4O8. The molecule has 12 nitrogen and oxygen atoms in total. The topological polar surface area (TPSA) is 178 Å². The zero-order valence-corrected chi connectivity index (χ0v) is 22.1. The van der Waals surface area contributed by atoms with Crippen LogP contribution in [0.15, 0.2) is 48.5 Å². The van der Waals surface area contributed by atoms with Crippen molar-refractivity contribution < 1.29 is 38.9 Å². The van der Waals surface area contributed by atoms with E-state index in [0.29, 0.717) is 5.56 Å². The molecule has 3 amide bonds. The molecule has 0 saturated carbocycles. The Bertz CT molecular complexity index is 1200. The fourth-order valence-corrected chi connectivity index (χ4v) is 3.55. The molecule has 0 radical (unpaired) electrons. The lowest BCUT2D eigenvalue weighted by molar-refractivity contribution is -0.144. The molecule has 0 heterocycles. The van der Waals surface area contributed by atoms with Crippen molar-refractivity contribution in [1.82, 2.24) is 15.5 Å². The van der Waals surface area contributed by atoms with Crippen LogP contribution in [0.1, 0.15) is 37.9 Å². The number of esters is 1. The van der Waals surface area contributed by atoms with Gasteiger partial charge in [-0.2, -0.15) is 5.26 Å². The second-order valence-electron chi connectivity index (χ2n) is 9.48. The third kappa shape index (κ3) is 9.55. The van der Waals surface area contributed by atoms with Crippen molar-refractivity contribution in [2.75, 3.05) is 20.2 Å². The van der Waals surface area contributed by atoms with Crippen LogP contribution >= 0.6 is 0 Å². The number of phenols is 2. The van der Waals surface area contributed by atoms with E-state index in [2.05, 4.69) is 15.4 Å². The molecule has 0 aliphatic heterocycles. The van der Waals surface area contributed by atoms with Crippen LogP contribution in [0.4, 0.5) is 4.79 Å². The summed E-state index contributed by atoms with van der Waals surface area (Å²) in [4.78, 5) is 52.4. The van der Waals surface area contributed by atoms with Crippen LogP contribution in [0, 0.1) is 11.3 Å². The zero-order chi connectivity index (χ0) is 29.2. The van der Waals surface area contributed by atoms with Gasteiger partial charge in [-0.25, -0.2) is 4.79 Å². The summed E-state index contributed by atoms with van der Waals surface area (Å²) in [5.41, 5.74) is -0.0693. The number of nitriles is 1. The van der Waals surface area contributed by atoms with E-state index in [-0.39, 0.29) is 23.5 Å². The van der Waals surface area contributed by atoms with E-state index in [1.807, 2.05) is 6.07 Å². The van der Waals surface area contributed by atoms with Crippen LogP contribution in [0.5, 0.6) is 11.5 Å². The minimum atomic E-state index is -1.41. The van der Waals surface area contributed by atoms with Gasteiger partial charge in [0.15, 0.2) is 0 Å². The summed E-state index contributed by atoms with van der Waals surface area (Å²) in [6.45, 7) is 3.90. The molecular weight excluding hydrogens is 508 g/mol. The fourth-order valence-electron chi connectivity index (χ4n) is 3.55. The van der Waals surface area contributed by atoms with Crippen LogP contribution in [-0.2, 0) is 30.3 Å². The van der Waals surface area contributed by atoms with Crippen LogP contribution in [-0.4, -0.2) is 70.8 Å². The first-order chi connectivity index (χ1) is 18.3. The minimum Gasteiger partial charge on any atom is -0.508 e. The maximum atomic E-state index is 13.9. The Morgan fingerprint density at radius 3 is 2.08 bits per heavy atom. The molecule has 0 spiro atoms. The number of nitrogens with one attached hydrogen (secondary N) is 2. The first-order valence-corrected chi connectivity index (χ1v) is 11.9.